The molecule has 6 nitrogen and oxygen atoms in total. The van der Waals surface area contributed by atoms with Crippen LogP contribution in [0.4, 0.5) is 5.13 Å². The number of hydrogen-bond acceptors (Lipinski definition) is 6. The van der Waals surface area contributed by atoms with E-state index in [9.17, 15) is 9.59 Å². The number of nitrogens with one attached hydrogen (secondary N) is 2. The second-order valence-electron chi connectivity index (χ2n) is 8.03. The van der Waals surface area contributed by atoms with E-state index in [1.807, 2.05) is 42.5 Å². The summed E-state index contributed by atoms with van der Waals surface area (Å²) in [5.74, 6) is 0.398. The highest BCUT2D eigenvalue weighted by Gasteiger charge is 2.14. The van der Waals surface area contributed by atoms with Crippen molar-refractivity contribution in [1.82, 2.24) is 15.5 Å². The maximum Gasteiger partial charge on any atom is 0.251 e. The number of rotatable bonds is 8. The molecule has 1 heterocycles. The Labute approximate surface area is 190 Å². The van der Waals surface area contributed by atoms with Gasteiger partial charge in [0, 0.05) is 24.3 Å². The Morgan fingerprint density at radius 3 is 2.39 bits per heavy atom. The van der Waals surface area contributed by atoms with Crippen molar-refractivity contribution in [1.29, 1.82) is 0 Å². The zero-order valence-corrected chi connectivity index (χ0v) is 19.5. The Morgan fingerprint density at radius 1 is 1.00 bits per heavy atom. The van der Waals surface area contributed by atoms with Crippen LogP contribution in [0.25, 0.3) is 0 Å². The van der Waals surface area contributed by atoms with Crippen LogP contribution in [0.15, 0.2) is 58.9 Å². The molecule has 3 aromatic rings. The SMILES string of the molecule is CC(C)(C)c1ccc(C(=O)NCCC(=O)Nc2nnc(SCc3ccccc3)s2)cc1. The minimum Gasteiger partial charge on any atom is -0.352 e. The first kappa shape index (κ1) is 23.0. The average molecular weight is 455 g/mol. The third kappa shape index (κ3) is 7.18. The predicted molar refractivity (Wildman–Crippen MR) is 127 cm³/mol. The van der Waals surface area contributed by atoms with Crippen molar-refractivity contribution in [2.24, 2.45) is 0 Å². The minimum absolute atomic E-state index is 0.0394. The molecule has 0 aliphatic heterocycles. The van der Waals surface area contributed by atoms with Crippen molar-refractivity contribution in [3.63, 3.8) is 0 Å². The molecule has 31 heavy (non-hydrogen) atoms. The number of aromatic nitrogens is 2. The summed E-state index contributed by atoms with van der Waals surface area (Å²) in [4.78, 5) is 24.4. The van der Waals surface area contributed by atoms with Crippen LogP contribution in [0.1, 0.15) is 48.7 Å². The van der Waals surface area contributed by atoms with Gasteiger partial charge in [-0.25, -0.2) is 0 Å². The van der Waals surface area contributed by atoms with Crippen molar-refractivity contribution < 1.29 is 9.59 Å². The molecule has 0 saturated carbocycles. The Hall–Kier alpha value is -2.71. The number of benzene rings is 2. The lowest BCUT2D eigenvalue weighted by Crippen LogP contribution is -2.27. The molecule has 0 radical (unpaired) electrons. The third-order valence-corrected chi connectivity index (χ3v) is 6.55. The summed E-state index contributed by atoms with van der Waals surface area (Å²) in [5, 5.41) is 14.1. The Bertz CT molecular complexity index is 1010. The lowest BCUT2D eigenvalue weighted by Gasteiger charge is -2.19. The predicted octanol–water partition coefficient (Wildman–Crippen LogP) is 4.89. The number of carbonyl (C=O) groups excluding carboxylic acids is 2. The van der Waals surface area contributed by atoms with Gasteiger partial charge >= 0.3 is 0 Å². The molecule has 0 atom stereocenters. The average Bonchev–Trinajstić information content (AvgIpc) is 3.19. The van der Waals surface area contributed by atoms with Gasteiger partial charge < -0.3 is 10.6 Å². The molecule has 2 amide bonds. The van der Waals surface area contributed by atoms with E-state index in [4.69, 9.17) is 0 Å². The number of hydrogen-bond donors (Lipinski definition) is 2. The fourth-order valence-electron chi connectivity index (χ4n) is 2.73. The van der Waals surface area contributed by atoms with E-state index in [2.05, 4.69) is 53.7 Å². The first-order valence-corrected chi connectivity index (χ1v) is 11.8. The van der Waals surface area contributed by atoms with E-state index in [1.54, 1.807) is 11.8 Å². The second-order valence-corrected chi connectivity index (χ2v) is 10.2. The maximum atomic E-state index is 12.3. The quantitative estimate of drug-likeness (QED) is 0.374. The van der Waals surface area contributed by atoms with Gasteiger partial charge in [-0.15, -0.1) is 10.2 Å². The van der Waals surface area contributed by atoms with Gasteiger partial charge in [0.15, 0.2) is 4.34 Å². The summed E-state index contributed by atoms with van der Waals surface area (Å²) in [6, 6.07) is 17.7. The van der Waals surface area contributed by atoms with E-state index in [0.717, 1.165) is 10.1 Å². The van der Waals surface area contributed by atoms with Crippen LogP contribution in [-0.2, 0) is 16.0 Å². The maximum absolute atomic E-state index is 12.3. The summed E-state index contributed by atoms with van der Waals surface area (Å²) in [5.41, 5.74) is 2.99. The van der Waals surface area contributed by atoms with Crippen LogP contribution < -0.4 is 10.6 Å². The Morgan fingerprint density at radius 2 is 1.71 bits per heavy atom. The first-order valence-electron chi connectivity index (χ1n) is 10.00. The highest BCUT2D eigenvalue weighted by atomic mass is 32.2. The van der Waals surface area contributed by atoms with Gasteiger partial charge in [0.1, 0.15) is 0 Å². The molecule has 2 aromatic carbocycles. The second kappa shape index (κ2) is 10.5. The topological polar surface area (TPSA) is 84.0 Å². The number of nitrogens with zero attached hydrogens (tertiary/aromatic N) is 2. The largest absolute Gasteiger partial charge is 0.352 e. The van der Waals surface area contributed by atoms with Crippen molar-refractivity contribution in [3.05, 3.63) is 71.3 Å². The molecule has 3 rings (SSSR count). The van der Waals surface area contributed by atoms with Gasteiger partial charge in [0.25, 0.3) is 5.91 Å². The summed E-state index contributed by atoms with van der Waals surface area (Å²) < 4.78 is 0.797. The molecule has 2 N–H and O–H groups in total. The molecule has 0 unspecified atom stereocenters. The summed E-state index contributed by atoms with van der Waals surface area (Å²) in [6.07, 6.45) is 0.165. The molecule has 1 aromatic heterocycles. The summed E-state index contributed by atoms with van der Waals surface area (Å²) in [6.45, 7) is 6.64. The van der Waals surface area contributed by atoms with Gasteiger partial charge in [0.2, 0.25) is 11.0 Å². The molecular formula is C23H26N4O2S2. The number of amides is 2. The highest BCUT2D eigenvalue weighted by Crippen LogP contribution is 2.28. The van der Waals surface area contributed by atoms with Crippen molar-refractivity contribution >= 4 is 40.0 Å². The van der Waals surface area contributed by atoms with Crippen LogP contribution in [0.2, 0.25) is 0 Å². The highest BCUT2D eigenvalue weighted by molar-refractivity contribution is 8.00. The van der Waals surface area contributed by atoms with Crippen molar-refractivity contribution in [2.45, 2.75) is 42.7 Å². The van der Waals surface area contributed by atoms with E-state index in [-0.39, 0.29) is 30.2 Å². The summed E-state index contributed by atoms with van der Waals surface area (Å²) in [7, 11) is 0. The molecule has 0 aliphatic carbocycles. The molecule has 0 spiro atoms. The van der Waals surface area contributed by atoms with E-state index in [1.165, 1.54) is 22.5 Å². The third-order valence-electron chi connectivity index (χ3n) is 4.51. The molecule has 0 aliphatic rings. The minimum atomic E-state index is -0.209. The van der Waals surface area contributed by atoms with Crippen LogP contribution in [0.3, 0.4) is 0 Å². The fourth-order valence-corrected chi connectivity index (χ4v) is 4.46. The van der Waals surface area contributed by atoms with Gasteiger partial charge in [-0.05, 0) is 28.7 Å². The van der Waals surface area contributed by atoms with Crippen LogP contribution in [0, 0.1) is 0 Å². The lowest BCUT2D eigenvalue weighted by atomic mass is 9.87. The molecule has 0 fully saturated rings. The monoisotopic (exact) mass is 454 g/mol. The Kier molecular flexibility index (Phi) is 7.81. The van der Waals surface area contributed by atoms with Crippen LogP contribution >= 0.6 is 23.1 Å². The normalized spacial score (nSPS) is 11.2. The zero-order valence-electron chi connectivity index (χ0n) is 17.8. The van der Waals surface area contributed by atoms with Crippen molar-refractivity contribution in [3.8, 4) is 0 Å². The van der Waals surface area contributed by atoms with E-state index in [0.29, 0.717) is 10.7 Å². The Balaban J connectivity index is 1.40. The van der Waals surface area contributed by atoms with Gasteiger partial charge in [-0.3, -0.25) is 9.59 Å². The van der Waals surface area contributed by atoms with Gasteiger partial charge in [-0.2, -0.15) is 0 Å². The number of thioether (sulfide) groups is 1. The molecule has 8 heteroatoms. The van der Waals surface area contributed by atoms with E-state index < -0.39 is 0 Å². The van der Waals surface area contributed by atoms with E-state index >= 15 is 0 Å². The number of anilines is 1. The zero-order chi connectivity index (χ0) is 22.3. The van der Waals surface area contributed by atoms with Crippen LogP contribution in [0.5, 0.6) is 0 Å². The van der Waals surface area contributed by atoms with Crippen molar-refractivity contribution in [2.75, 3.05) is 11.9 Å². The number of carbonyl (C=O) groups is 2. The molecular weight excluding hydrogens is 428 g/mol. The standard InChI is InChI=1S/C23H26N4O2S2/c1-23(2,3)18-11-9-17(10-12-18)20(29)24-14-13-19(28)25-21-26-27-22(31-21)30-15-16-7-5-4-6-8-16/h4-12H,13-15H2,1-3H3,(H,24,29)(H,25,26,28). The molecule has 0 bridgehead atoms. The van der Waals surface area contributed by atoms with Gasteiger partial charge in [-0.1, -0.05) is 86.3 Å². The summed E-state index contributed by atoms with van der Waals surface area (Å²) >= 11 is 2.92. The van der Waals surface area contributed by atoms with Crippen LogP contribution in [-0.4, -0.2) is 28.6 Å². The fraction of sp³-hybridized carbons (Fsp3) is 0.304. The molecule has 0 saturated heterocycles. The first-order chi connectivity index (χ1) is 14.8. The smallest absolute Gasteiger partial charge is 0.251 e. The molecule has 162 valence electrons. The van der Waals surface area contributed by atoms with Gasteiger partial charge in [0.05, 0.1) is 0 Å². The lowest BCUT2D eigenvalue weighted by molar-refractivity contribution is -0.116.